The van der Waals surface area contributed by atoms with E-state index in [1.54, 1.807) is 18.5 Å². The Morgan fingerprint density at radius 1 is 1.21 bits per heavy atom. The van der Waals surface area contributed by atoms with E-state index < -0.39 is 10.0 Å². The Bertz CT molecular complexity index is 662. The maximum atomic E-state index is 12.5. The van der Waals surface area contributed by atoms with Gasteiger partial charge in [0.2, 0.25) is 0 Å². The lowest BCUT2D eigenvalue weighted by Gasteiger charge is -2.19. The normalized spacial score (nSPS) is 11.5. The van der Waals surface area contributed by atoms with Gasteiger partial charge < -0.3 is 0 Å². The van der Waals surface area contributed by atoms with E-state index in [2.05, 4.69) is 22.9 Å². The van der Waals surface area contributed by atoms with E-state index in [0.717, 1.165) is 6.42 Å². The van der Waals surface area contributed by atoms with Crippen LogP contribution in [0.25, 0.3) is 0 Å². The van der Waals surface area contributed by atoms with Gasteiger partial charge in [-0.05, 0) is 51.5 Å². The van der Waals surface area contributed by atoms with Crippen LogP contribution in [0, 0.1) is 0 Å². The summed E-state index contributed by atoms with van der Waals surface area (Å²) in [5.74, 6) is 0. The fraction of sp³-hybridized carbons (Fsp3) is 0.231. The third-order valence-corrected chi connectivity index (χ3v) is 7.32. The number of aryl methyl sites for hydroxylation is 1. The highest BCUT2D eigenvalue weighted by Gasteiger charge is 2.25. The Kier molecular flexibility index (Phi) is 4.32. The van der Waals surface area contributed by atoms with E-state index >= 15 is 0 Å². The average Bonchev–Trinajstić information content (AvgIpc) is 2.85. The van der Waals surface area contributed by atoms with Crippen molar-refractivity contribution in [2.45, 2.75) is 17.6 Å². The van der Waals surface area contributed by atoms with Gasteiger partial charge in [0, 0.05) is 11.5 Å². The minimum atomic E-state index is -3.49. The summed E-state index contributed by atoms with van der Waals surface area (Å²) in [6, 6.07) is 9.30. The zero-order chi connectivity index (χ0) is 14.0. The molecule has 1 heterocycles. The summed E-state index contributed by atoms with van der Waals surface area (Å²) in [7, 11) is -1.92. The zero-order valence-electron chi connectivity index (χ0n) is 10.6. The second-order valence-corrected chi connectivity index (χ2v) is 7.98. The Morgan fingerprint density at radius 3 is 2.32 bits per heavy atom. The lowest BCUT2D eigenvalue weighted by Crippen LogP contribution is -2.26. The molecule has 0 unspecified atom stereocenters. The Labute approximate surface area is 126 Å². The van der Waals surface area contributed by atoms with Gasteiger partial charge in [0.1, 0.15) is 0 Å². The van der Waals surface area contributed by atoms with Crippen LogP contribution in [-0.4, -0.2) is 15.5 Å². The van der Waals surface area contributed by atoms with Gasteiger partial charge in [0.25, 0.3) is 10.0 Å². The molecule has 0 atom stereocenters. The van der Waals surface area contributed by atoms with Crippen LogP contribution in [0.2, 0.25) is 0 Å². The van der Waals surface area contributed by atoms with Crippen molar-refractivity contribution in [3.05, 3.63) is 45.7 Å². The van der Waals surface area contributed by atoms with Gasteiger partial charge in [-0.1, -0.05) is 19.1 Å². The lowest BCUT2D eigenvalue weighted by atomic mass is 10.1. The number of nitrogens with zero attached hydrogens (tertiary/aromatic N) is 1. The van der Waals surface area contributed by atoms with E-state index in [-0.39, 0.29) is 0 Å². The highest BCUT2D eigenvalue weighted by molar-refractivity contribution is 9.10. The highest BCUT2D eigenvalue weighted by atomic mass is 79.9. The summed E-state index contributed by atoms with van der Waals surface area (Å²) >= 11 is 4.48. The Hall–Kier alpha value is -0.850. The molecule has 2 aromatic rings. The minimum Gasteiger partial charge on any atom is -0.269 e. The third kappa shape index (κ3) is 2.85. The first kappa shape index (κ1) is 14.6. The monoisotopic (exact) mass is 359 g/mol. The molecule has 0 bridgehead atoms. The first-order valence-corrected chi connectivity index (χ1v) is 8.89. The molecule has 19 heavy (non-hydrogen) atoms. The van der Waals surface area contributed by atoms with Crippen LogP contribution in [-0.2, 0) is 16.4 Å². The molecule has 0 N–H and O–H groups in total. The number of anilines is 1. The predicted octanol–water partition coefficient (Wildman–Crippen LogP) is 3.90. The molecule has 1 aromatic heterocycles. The van der Waals surface area contributed by atoms with E-state index in [4.69, 9.17) is 0 Å². The van der Waals surface area contributed by atoms with Crippen molar-refractivity contribution < 1.29 is 8.42 Å². The molecule has 0 saturated heterocycles. The zero-order valence-corrected chi connectivity index (χ0v) is 13.8. The summed E-state index contributed by atoms with van der Waals surface area (Å²) in [5, 5.41) is 1.75. The molecule has 1 aromatic carbocycles. The van der Waals surface area contributed by atoms with Gasteiger partial charge in [-0.25, -0.2) is 8.42 Å². The summed E-state index contributed by atoms with van der Waals surface area (Å²) in [5.41, 5.74) is 1.85. The number of halogens is 1. The molecular formula is C13H14BrNO2S2. The van der Waals surface area contributed by atoms with Crippen LogP contribution < -0.4 is 4.31 Å². The summed E-state index contributed by atoms with van der Waals surface area (Å²) in [6.07, 6.45) is 0.938. The quantitative estimate of drug-likeness (QED) is 0.829. The molecular weight excluding hydrogens is 346 g/mol. The third-order valence-electron chi connectivity index (χ3n) is 2.89. The molecule has 3 nitrogen and oxygen atoms in total. The first-order valence-electron chi connectivity index (χ1n) is 5.77. The van der Waals surface area contributed by atoms with Crippen LogP contribution in [0.5, 0.6) is 0 Å². The number of thiophene rings is 1. The number of benzene rings is 1. The van der Waals surface area contributed by atoms with Crippen molar-refractivity contribution in [3.8, 4) is 0 Å². The van der Waals surface area contributed by atoms with Gasteiger partial charge in [0.15, 0.2) is 4.21 Å². The largest absolute Gasteiger partial charge is 0.274 e. The van der Waals surface area contributed by atoms with Gasteiger partial charge in [-0.2, -0.15) is 0 Å². The van der Waals surface area contributed by atoms with Crippen molar-refractivity contribution in [2.75, 3.05) is 11.4 Å². The van der Waals surface area contributed by atoms with E-state index in [1.807, 2.05) is 24.3 Å². The van der Waals surface area contributed by atoms with Crippen LogP contribution in [0.1, 0.15) is 12.5 Å². The van der Waals surface area contributed by atoms with Gasteiger partial charge in [-0.15, -0.1) is 11.3 Å². The van der Waals surface area contributed by atoms with Gasteiger partial charge in [-0.3, -0.25) is 4.31 Å². The molecule has 2 rings (SSSR count). The topological polar surface area (TPSA) is 37.4 Å². The molecule has 102 valence electrons. The molecule has 0 aliphatic heterocycles. The molecule has 0 radical (unpaired) electrons. The maximum Gasteiger partial charge on any atom is 0.274 e. The standard InChI is InChI=1S/C13H14BrNO2S2/c1-3-10-4-6-11(7-5-10)15(2)19(16,17)13-12(14)8-9-18-13/h4-9H,3H2,1-2H3. The van der Waals surface area contributed by atoms with Crippen molar-refractivity contribution in [3.63, 3.8) is 0 Å². The average molecular weight is 360 g/mol. The Morgan fingerprint density at radius 2 is 1.84 bits per heavy atom. The smallest absolute Gasteiger partial charge is 0.269 e. The number of rotatable bonds is 4. The van der Waals surface area contributed by atoms with Crippen LogP contribution in [0.15, 0.2) is 44.4 Å². The maximum absolute atomic E-state index is 12.5. The predicted molar refractivity (Wildman–Crippen MR) is 83.4 cm³/mol. The van der Waals surface area contributed by atoms with Crippen molar-refractivity contribution in [1.29, 1.82) is 0 Å². The summed E-state index contributed by atoms with van der Waals surface area (Å²) < 4.78 is 27.2. The Balaban J connectivity index is 2.37. The fourth-order valence-electron chi connectivity index (χ4n) is 1.67. The first-order chi connectivity index (χ1) is 8.96. The molecule has 0 aliphatic carbocycles. The van der Waals surface area contributed by atoms with Crippen molar-refractivity contribution in [1.82, 2.24) is 0 Å². The molecule has 0 spiro atoms. The fourth-order valence-corrected chi connectivity index (χ4v) is 5.33. The molecule has 0 amide bonds. The van der Waals surface area contributed by atoms with Crippen molar-refractivity contribution >= 4 is 43.0 Å². The van der Waals surface area contributed by atoms with Crippen LogP contribution in [0.3, 0.4) is 0 Å². The molecule has 6 heteroatoms. The highest BCUT2D eigenvalue weighted by Crippen LogP contribution is 2.31. The van der Waals surface area contributed by atoms with Crippen molar-refractivity contribution in [2.24, 2.45) is 0 Å². The second kappa shape index (κ2) is 5.64. The molecule has 0 aliphatic rings. The number of sulfonamides is 1. The van der Waals surface area contributed by atoms with E-state index in [1.165, 1.54) is 21.2 Å². The molecule has 0 fully saturated rings. The van der Waals surface area contributed by atoms with Crippen LogP contribution in [0.4, 0.5) is 5.69 Å². The van der Waals surface area contributed by atoms with E-state index in [9.17, 15) is 8.42 Å². The van der Waals surface area contributed by atoms with Gasteiger partial charge in [0.05, 0.1) is 5.69 Å². The van der Waals surface area contributed by atoms with E-state index in [0.29, 0.717) is 14.4 Å². The summed E-state index contributed by atoms with van der Waals surface area (Å²) in [6.45, 7) is 2.07. The molecule has 0 saturated carbocycles. The second-order valence-electron chi connectivity index (χ2n) is 4.05. The SMILES string of the molecule is CCc1ccc(N(C)S(=O)(=O)c2sccc2Br)cc1. The summed E-state index contributed by atoms with van der Waals surface area (Å²) in [4.78, 5) is 0. The minimum absolute atomic E-state index is 0.328. The van der Waals surface area contributed by atoms with Crippen LogP contribution >= 0.6 is 27.3 Å². The number of hydrogen-bond acceptors (Lipinski definition) is 3. The lowest BCUT2D eigenvalue weighted by molar-refractivity contribution is 0.596. The van der Waals surface area contributed by atoms with Gasteiger partial charge >= 0.3 is 0 Å². The number of hydrogen-bond donors (Lipinski definition) is 0.